The van der Waals surface area contributed by atoms with Gasteiger partial charge in [0.15, 0.2) is 11.2 Å². The first-order valence-electron chi connectivity index (χ1n) is 13.8. The Balaban J connectivity index is 1.35. The minimum atomic E-state index is -0.330. The number of carbonyl (C=O) groups excluding carboxylic acids is 1. The Morgan fingerprint density at radius 3 is 2.25 bits per heavy atom. The number of halogens is 1. The number of anilines is 1. The molecule has 3 heterocycles. The van der Waals surface area contributed by atoms with Crippen LogP contribution in [0, 0.1) is 0 Å². The molecule has 44 heavy (non-hydrogen) atoms. The predicted octanol–water partition coefficient (Wildman–Crippen LogP) is 7.21. The second-order valence-corrected chi connectivity index (χ2v) is 10.5. The van der Waals surface area contributed by atoms with Gasteiger partial charge in [-0.05, 0) is 65.7 Å². The van der Waals surface area contributed by atoms with Gasteiger partial charge >= 0.3 is 0 Å². The maximum atomic E-state index is 14.1. The Hall–Kier alpha value is -5.86. The lowest BCUT2D eigenvalue weighted by molar-refractivity contribution is 0.102. The van der Waals surface area contributed by atoms with Gasteiger partial charge in [-0.3, -0.25) is 23.7 Å². The third-order valence-electron chi connectivity index (χ3n) is 7.21. The Kier molecular flexibility index (Phi) is 7.02. The van der Waals surface area contributed by atoms with Gasteiger partial charge < -0.3 is 5.32 Å². The number of amides is 1. The quantitative estimate of drug-likeness (QED) is 0.220. The number of rotatable bonds is 6. The van der Waals surface area contributed by atoms with Crippen LogP contribution in [0.1, 0.15) is 10.4 Å². The van der Waals surface area contributed by atoms with Crippen molar-refractivity contribution in [2.24, 2.45) is 0 Å². The standard InChI is InChI=1S/C35H23ClN6O2/c36-27-15-17-29(18-16-27)42-32(25-13-11-24(12-14-25)23-6-2-1-3-7-23)40-33-31(35(42)44)38-22-41(33)30-10-4-8-26(20-30)34(43)39-28-9-5-19-37-21-28/h1-22H,(H,39,43). The molecular weight excluding hydrogens is 572 g/mol. The van der Waals surface area contributed by atoms with Crippen LogP contribution >= 0.6 is 11.6 Å². The van der Waals surface area contributed by atoms with E-state index in [0.717, 1.165) is 16.7 Å². The lowest BCUT2D eigenvalue weighted by atomic mass is 10.0. The van der Waals surface area contributed by atoms with Crippen molar-refractivity contribution in [3.8, 4) is 33.9 Å². The fraction of sp³-hybridized carbons (Fsp3) is 0. The second kappa shape index (κ2) is 11.4. The number of hydrogen-bond donors (Lipinski definition) is 1. The smallest absolute Gasteiger partial charge is 0.286 e. The average Bonchev–Trinajstić information content (AvgIpc) is 3.51. The third kappa shape index (κ3) is 5.14. The number of hydrogen-bond acceptors (Lipinski definition) is 5. The number of aromatic nitrogens is 5. The van der Waals surface area contributed by atoms with Crippen molar-refractivity contribution in [2.75, 3.05) is 5.32 Å². The molecule has 4 aromatic carbocycles. The predicted molar refractivity (Wildman–Crippen MR) is 173 cm³/mol. The van der Waals surface area contributed by atoms with E-state index in [1.54, 1.807) is 82.5 Å². The van der Waals surface area contributed by atoms with Crippen LogP contribution in [0.4, 0.5) is 5.69 Å². The molecule has 9 heteroatoms. The van der Waals surface area contributed by atoms with Gasteiger partial charge in [-0.15, -0.1) is 0 Å². The van der Waals surface area contributed by atoms with Crippen molar-refractivity contribution in [1.82, 2.24) is 24.1 Å². The summed E-state index contributed by atoms with van der Waals surface area (Å²) >= 11 is 6.17. The van der Waals surface area contributed by atoms with Crippen molar-refractivity contribution < 1.29 is 4.79 Å². The van der Waals surface area contributed by atoms with Gasteiger partial charge in [0.05, 0.1) is 17.6 Å². The van der Waals surface area contributed by atoms with Crippen LogP contribution in [0.15, 0.2) is 139 Å². The minimum Gasteiger partial charge on any atom is -0.321 e. The van der Waals surface area contributed by atoms with E-state index in [4.69, 9.17) is 16.6 Å². The molecule has 0 aliphatic carbocycles. The van der Waals surface area contributed by atoms with Crippen LogP contribution < -0.4 is 10.9 Å². The molecule has 7 aromatic rings. The molecule has 0 aliphatic rings. The van der Waals surface area contributed by atoms with Crippen LogP contribution in [0.3, 0.4) is 0 Å². The van der Waals surface area contributed by atoms with Crippen molar-refractivity contribution in [1.29, 1.82) is 0 Å². The highest BCUT2D eigenvalue weighted by Gasteiger charge is 2.19. The van der Waals surface area contributed by atoms with Crippen LogP contribution in [0.5, 0.6) is 0 Å². The molecule has 3 aromatic heterocycles. The molecule has 0 spiro atoms. The summed E-state index contributed by atoms with van der Waals surface area (Å²) in [5.74, 6) is 0.151. The normalized spacial score (nSPS) is 11.0. The third-order valence-corrected chi connectivity index (χ3v) is 7.46. The molecule has 0 fully saturated rings. The number of pyridine rings is 1. The number of benzene rings is 4. The van der Waals surface area contributed by atoms with Gasteiger partial charge in [0.2, 0.25) is 0 Å². The Morgan fingerprint density at radius 2 is 1.50 bits per heavy atom. The summed E-state index contributed by atoms with van der Waals surface area (Å²) in [6.07, 6.45) is 4.76. The maximum Gasteiger partial charge on any atom is 0.286 e. The van der Waals surface area contributed by atoms with Gasteiger partial charge in [-0.25, -0.2) is 9.97 Å². The van der Waals surface area contributed by atoms with Crippen LogP contribution in [-0.4, -0.2) is 30.0 Å². The fourth-order valence-corrected chi connectivity index (χ4v) is 5.17. The van der Waals surface area contributed by atoms with E-state index in [9.17, 15) is 9.59 Å². The van der Waals surface area contributed by atoms with E-state index in [0.29, 0.717) is 39.1 Å². The van der Waals surface area contributed by atoms with Gasteiger partial charge in [-0.2, -0.15) is 0 Å². The Labute approximate surface area is 256 Å². The monoisotopic (exact) mass is 594 g/mol. The van der Waals surface area contributed by atoms with E-state index >= 15 is 0 Å². The molecular formula is C35H23ClN6O2. The lowest BCUT2D eigenvalue weighted by Crippen LogP contribution is -2.22. The summed E-state index contributed by atoms with van der Waals surface area (Å²) in [7, 11) is 0. The van der Waals surface area contributed by atoms with Crippen molar-refractivity contribution in [2.45, 2.75) is 0 Å². The first kappa shape index (κ1) is 27.0. The van der Waals surface area contributed by atoms with Gasteiger partial charge in [0.25, 0.3) is 11.5 Å². The molecule has 0 atom stereocenters. The summed E-state index contributed by atoms with van der Waals surface area (Å²) < 4.78 is 3.26. The first-order valence-corrected chi connectivity index (χ1v) is 14.2. The highest BCUT2D eigenvalue weighted by Crippen LogP contribution is 2.27. The zero-order valence-electron chi connectivity index (χ0n) is 23.1. The van der Waals surface area contributed by atoms with Crippen molar-refractivity contribution in [3.05, 3.63) is 155 Å². The van der Waals surface area contributed by atoms with E-state index in [-0.39, 0.29) is 17.0 Å². The topological polar surface area (TPSA) is 94.7 Å². The molecule has 1 N–H and O–H groups in total. The van der Waals surface area contributed by atoms with E-state index in [2.05, 4.69) is 15.3 Å². The minimum absolute atomic E-state index is 0.190. The molecule has 0 unspecified atom stereocenters. The number of imidazole rings is 1. The maximum absolute atomic E-state index is 14.1. The van der Waals surface area contributed by atoms with Gasteiger partial charge in [0, 0.05) is 28.0 Å². The number of carbonyl (C=O) groups is 1. The zero-order valence-corrected chi connectivity index (χ0v) is 23.9. The summed E-state index contributed by atoms with van der Waals surface area (Å²) in [6, 6.07) is 35.6. The fourth-order valence-electron chi connectivity index (χ4n) is 5.04. The highest BCUT2D eigenvalue weighted by molar-refractivity contribution is 6.30. The average molecular weight is 595 g/mol. The van der Waals surface area contributed by atoms with E-state index in [1.807, 2.05) is 60.7 Å². The SMILES string of the molecule is O=C(Nc1cccnc1)c1cccc(-n2cnc3c(=O)n(-c4ccc(Cl)cc4)c(-c4ccc(-c5ccccc5)cc4)nc32)c1. The van der Waals surface area contributed by atoms with Crippen molar-refractivity contribution in [3.63, 3.8) is 0 Å². The largest absolute Gasteiger partial charge is 0.321 e. The number of fused-ring (bicyclic) bond motifs is 1. The summed E-state index contributed by atoms with van der Waals surface area (Å²) in [5, 5.41) is 3.41. The Bertz CT molecular complexity index is 2180. The summed E-state index contributed by atoms with van der Waals surface area (Å²) in [4.78, 5) is 40.6. The van der Waals surface area contributed by atoms with Crippen LogP contribution in [-0.2, 0) is 0 Å². The Morgan fingerprint density at radius 1 is 0.750 bits per heavy atom. The molecule has 0 saturated carbocycles. The van der Waals surface area contributed by atoms with Crippen LogP contribution in [0.25, 0.3) is 45.1 Å². The summed E-state index contributed by atoms with van der Waals surface area (Å²) in [5.41, 5.74) is 5.36. The molecule has 0 aliphatic heterocycles. The second-order valence-electron chi connectivity index (χ2n) is 10.0. The highest BCUT2D eigenvalue weighted by atomic mass is 35.5. The van der Waals surface area contributed by atoms with Gasteiger partial charge in [-0.1, -0.05) is 72.3 Å². The molecule has 8 nitrogen and oxygen atoms in total. The number of nitrogens with one attached hydrogen (secondary N) is 1. The van der Waals surface area contributed by atoms with Gasteiger partial charge in [0.1, 0.15) is 12.2 Å². The molecule has 1 amide bonds. The first-order chi connectivity index (χ1) is 21.5. The van der Waals surface area contributed by atoms with E-state index in [1.165, 1.54) is 0 Å². The molecule has 0 bridgehead atoms. The lowest BCUT2D eigenvalue weighted by Gasteiger charge is -2.14. The number of nitrogens with zero attached hydrogens (tertiary/aromatic N) is 5. The molecule has 0 radical (unpaired) electrons. The zero-order chi connectivity index (χ0) is 30.0. The molecule has 212 valence electrons. The summed E-state index contributed by atoms with van der Waals surface area (Å²) in [6.45, 7) is 0. The molecule has 0 saturated heterocycles. The van der Waals surface area contributed by atoms with Crippen molar-refractivity contribution >= 4 is 34.4 Å². The van der Waals surface area contributed by atoms with E-state index < -0.39 is 0 Å². The van der Waals surface area contributed by atoms with Crippen LogP contribution in [0.2, 0.25) is 5.02 Å². The molecule has 7 rings (SSSR count).